The second-order valence-corrected chi connectivity index (χ2v) is 13.6. The van der Waals surface area contributed by atoms with Gasteiger partial charge in [0.15, 0.2) is 5.58 Å². The fourth-order valence-electron chi connectivity index (χ4n) is 7.19. The smallest absolute Gasteiger partial charge is 0.180 e. The van der Waals surface area contributed by atoms with E-state index in [4.69, 9.17) is 4.42 Å². The first kappa shape index (κ1) is 28.6. The van der Waals surface area contributed by atoms with Crippen LogP contribution in [0.2, 0.25) is 0 Å². The second kappa shape index (κ2) is 11.7. The highest BCUT2D eigenvalue weighted by atomic mass is 32.1. The van der Waals surface area contributed by atoms with E-state index in [1.54, 1.807) is 6.33 Å². The van der Waals surface area contributed by atoms with Gasteiger partial charge in [0.25, 0.3) is 0 Å². The predicted molar refractivity (Wildman–Crippen MR) is 209 cm³/mol. The van der Waals surface area contributed by atoms with Gasteiger partial charge in [-0.3, -0.25) is 0 Å². The van der Waals surface area contributed by atoms with Crippen LogP contribution >= 0.6 is 11.3 Å². The molecule has 3 nitrogen and oxygen atoms in total. The molecule has 3 heterocycles. The highest BCUT2D eigenvalue weighted by Crippen LogP contribution is 2.44. The molecule has 10 rings (SSSR count). The van der Waals surface area contributed by atoms with Crippen molar-refractivity contribution in [2.24, 2.45) is 0 Å². The van der Waals surface area contributed by atoms with Gasteiger partial charge in [0.2, 0.25) is 0 Å². The maximum absolute atomic E-state index is 6.24. The van der Waals surface area contributed by atoms with Gasteiger partial charge < -0.3 is 4.42 Å². The molecule has 0 N–H and O–H groups in total. The molecule has 234 valence electrons. The number of thiophene rings is 1. The lowest BCUT2D eigenvalue weighted by Gasteiger charge is -2.08. The highest BCUT2D eigenvalue weighted by molar-refractivity contribution is 7.26. The summed E-state index contributed by atoms with van der Waals surface area (Å²) in [6.07, 6.45) is 1.63. The molecule has 0 unspecified atom stereocenters. The first-order valence-electron chi connectivity index (χ1n) is 16.7. The lowest BCUT2D eigenvalue weighted by atomic mass is 9.96. The van der Waals surface area contributed by atoms with Crippen LogP contribution in [0.15, 0.2) is 175 Å². The Morgan fingerprint density at radius 2 is 0.940 bits per heavy atom. The summed E-state index contributed by atoms with van der Waals surface area (Å²) in [7, 11) is 0. The minimum absolute atomic E-state index is 0.713. The Morgan fingerprint density at radius 1 is 0.400 bits per heavy atom. The molecule has 0 aliphatic carbocycles. The molecule has 0 aliphatic heterocycles. The van der Waals surface area contributed by atoms with Crippen molar-refractivity contribution in [1.29, 1.82) is 0 Å². The van der Waals surface area contributed by atoms with Crippen molar-refractivity contribution >= 4 is 53.6 Å². The van der Waals surface area contributed by atoms with E-state index in [-0.39, 0.29) is 0 Å². The topological polar surface area (TPSA) is 38.9 Å². The monoisotopic (exact) mass is 656 g/mol. The molecule has 0 spiro atoms. The zero-order chi connectivity index (χ0) is 33.0. The average Bonchev–Trinajstić information content (AvgIpc) is 3.77. The number of hydrogen-bond donors (Lipinski definition) is 0. The highest BCUT2D eigenvalue weighted by Gasteiger charge is 2.16. The molecule has 7 aromatic carbocycles. The van der Waals surface area contributed by atoms with Crippen LogP contribution in [0.5, 0.6) is 0 Å². The van der Waals surface area contributed by atoms with Crippen molar-refractivity contribution in [2.75, 3.05) is 0 Å². The van der Waals surface area contributed by atoms with Crippen LogP contribution in [0.3, 0.4) is 0 Å². The zero-order valence-electron chi connectivity index (χ0n) is 26.9. The Balaban J connectivity index is 1.02. The molecule has 3 aromatic heterocycles. The number of benzene rings is 7. The van der Waals surface area contributed by atoms with Gasteiger partial charge in [-0.1, -0.05) is 140 Å². The molecule has 0 aliphatic rings. The van der Waals surface area contributed by atoms with Crippen LogP contribution in [0.25, 0.3) is 98.0 Å². The number of fused-ring (bicyclic) bond motifs is 6. The van der Waals surface area contributed by atoms with E-state index < -0.39 is 0 Å². The summed E-state index contributed by atoms with van der Waals surface area (Å²) in [5.74, 6) is 0. The third kappa shape index (κ3) is 4.73. The van der Waals surface area contributed by atoms with Crippen molar-refractivity contribution in [3.63, 3.8) is 0 Å². The van der Waals surface area contributed by atoms with E-state index in [0.717, 1.165) is 38.9 Å². The molecular weight excluding hydrogens is 629 g/mol. The van der Waals surface area contributed by atoms with Crippen molar-refractivity contribution in [3.05, 3.63) is 170 Å². The van der Waals surface area contributed by atoms with Crippen LogP contribution in [-0.2, 0) is 0 Å². The number of furan rings is 1. The summed E-state index contributed by atoms with van der Waals surface area (Å²) in [6.45, 7) is 0. The van der Waals surface area contributed by atoms with Gasteiger partial charge in [-0.05, 0) is 68.8 Å². The molecule has 50 heavy (non-hydrogen) atoms. The molecule has 4 heteroatoms. The van der Waals surface area contributed by atoms with Crippen LogP contribution in [0.1, 0.15) is 0 Å². The molecule has 0 bridgehead atoms. The first-order valence-corrected chi connectivity index (χ1v) is 17.5. The molecule has 0 amide bonds. The summed E-state index contributed by atoms with van der Waals surface area (Å²) in [4.78, 5) is 9.19. The third-order valence-electron chi connectivity index (χ3n) is 9.63. The normalized spacial score (nSPS) is 11.6. The number of rotatable bonds is 5. The van der Waals surface area contributed by atoms with E-state index in [0.29, 0.717) is 5.58 Å². The van der Waals surface area contributed by atoms with E-state index in [2.05, 4.69) is 149 Å². The minimum Gasteiger partial charge on any atom is -0.452 e. The Morgan fingerprint density at radius 3 is 1.70 bits per heavy atom. The summed E-state index contributed by atoms with van der Waals surface area (Å²) in [5, 5.41) is 3.59. The predicted octanol–water partition coefficient (Wildman–Crippen LogP) is 13.1. The van der Waals surface area contributed by atoms with E-state index in [9.17, 15) is 0 Å². The van der Waals surface area contributed by atoms with Crippen LogP contribution in [-0.4, -0.2) is 9.97 Å². The number of para-hydroxylation sites is 1. The Labute approximate surface area is 292 Å². The first-order chi connectivity index (χ1) is 24.8. The number of aromatic nitrogens is 2. The van der Waals surface area contributed by atoms with Gasteiger partial charge in [0, 0.05) is 31.1 Å². The van der Waals surface area contributed by atoms with E-state index in [1.807, 2.05) is 35.6 Å². The summed E-state index contributed by atoms with van der Waals surface area (Å²) < 4.78 is 8.86. The van der Waals surface area contributed by atoms with Crippen molar-refractivity contribution in [3.8, 4) is 55.8 Å². The van der Waals surface area contributed by atoms with Gasteiger partial charge in [-0.25, -0.2) is 9.97 Å². The fourth-order valence-corrected chi connectivity index (χ4v) is 8.56. The number of nitrogens with zero attached hydrogens (tertiary/aromatic N) is 2. The maximum atomic E-state index is 6.24. The largest absolute Gasteiger partial charge is 0.452 e. The van der Waals surface area contributed by atoms with Gasteiger partial charge in [0.1, 0.15) is 23.1 Å². The van der Waals surface area contributed by atoms with Crippen LogP contribution < -0.4 is 0 Å². The standard InChI is InChI=1S/C46H28N2OS/c1-2-10-29(11-3-1)32-12-6-14-34(26-32)37-18-9-20-39-38-19-8-17-36(45(38)50-46(37)39)31-24-22-30(23-25-31)33-13-7-15-35(27-33)42-44-43(48-28-47-42)40-16-4-5-21-41(40)49-44/h1-28H. The molecule has 0 radical (unpaired) electrons. The van der Waals surface area contributed by atoms with Crippen LogP contribution in [0, 0.1) is 0 Å². The lowest BCUT2D eigenvalue weighted by molar-refractivity contribution is 0.667. The van der Waals surface area contributed by atoms with Crippen molar-refractivity contribution < 1.29 is 4.42 Å². The van der Waals surface area contributed by atoms with Gasteiger partial charge >= 0.3 is 0 Å². The Kier molecular flexibility index (Phi) is 6.68. The zero-order valence-corrected chi connectivity index (χ0v) is 27.7. The second-order valence-electron chi connectivity index (χ2n) is 12.6. The maximum Gasteiger partial charge on any atom is 0.180 e. The van der Waals surface area contributed by atoms with Gasteiger partial charge in [-0.15, -0.1) is 11.3 Å². The molecular formula is C46H28N2OS. The number of hydrogen-bond acceptors (Lipinski definition) is 4. The van der Waals surface area contributed by atoms with E-state index >= 15 is 0 Å². The van der Waals surface area contributed by atoms with Crippen molar-refractivity contribution in [2.45, 2.75) is 0 Å². The quantitative estimate of drug-likeness (QED) is 0.185. The summed E-state index contributed by atoms with van der Waals surface area (Å²) >= 11 is 1.89. The van der Waals surface area contributed by atoms with Crippen molar-refractivity contribution in [1.82, 2.24) is 9.97 Å². The molecule has 10 aromatic rings. The van der Waals surface area contributed by atoms with Crippen LogP contribution in [0.4, 0.5) is 0 Å². The molecule has 0 atom stereocenters. The Hall–Kier alpha value is -6.36. The molecule has 0 saturated heterocycles. The SMILES string of the molecule is c1ccc(-c2cccc(-c3cccc4c3sc3c(-c5ccc(-c6cccc(-c7ncnc8c7oc7ccccc78)c6)cc5)cccc34)c2)cc1. The molecule has 0 saturated carbocycles. The average molecular weight is 657 g/mol. The molecule has 0 fully saturated rings. The lowest BCUT2D eigenvalue weighted by Crippen LogP contribution is -1.88. The third-order valence-corrected chi connectivity index (χ3v) is 10.9. The summed E-state index contributed by atoms with van der Waals surface area (Å²) in [6, 6.07) is 58.3. The van der Waals surface area contributed by atoms with Gasteiger partial charge in [-0.2, -0.15) is 0 Å². The minimum atomic E-state index is 0.713. The van der Waals surface area contributed by atoms with Gasteiger partial charge in [0.05, 0.1) is 0 Å². The fraction of sp³-hybridized carbons (Fsp3) is 0. The summed E-state index contributed by atoms with van der Waals surface area (Å²) in [5.41, 5.74) is 13.9. The van der Waals surface area contributed by atoms with E-state index in [1.165, 1.54) is 53.6 Å². The Bertz CT molecular complexity index is 2870.